The van der Waals surface area contributed by atoms with Gasteiger partial charge in [0, 0.05) is 19.0 Å². The van der Waals surface area contributed by atoms with Gasteiger partial charge in [0.15, 0.2) is 0 Å². The van der Waals surface area contributed by atoms with Crippen LogP contribution in [0.3, 0.4) is 0 Å². The Labute approximate surface area is 90.3 Å². The van der Waals surface area contributed by atoms with E-state index in [9.17, 15) is 5.11 Å². The molecule has 1 aliphatic carbocycles. The summed E-state index contributed by atoms with van der Waals surface area (Å²) in [4.78, 5) is 0. The summed E-state index contributed by atoms with van der Waals surface area (Å²) in [7, 11) is 0. The van der Waals surface area contributed by atoms with Gasteiger partial charge in [0.25, 0.3) is 0 Å². The van der Waals surface area contributed by atoms with Crippen LogP contribution in [0.15, 0.2) is 5.16 Å². The Morgan fingerprint density at radius 3 is 2.67 bits per heavy atom. The number of oxime groups is 1. The molecule has 1 unspecified atom stereocenters. The fourth-order valence-electron chi connectivity index (χ4n) is 1.75. The summed E-state index contributed by atoms with van der Waals surface area (Å²) in [5.41, 5.74) is 4.92. The molecule has 5 N–H and O–H groups in total. The summed E-state index contributed by atoms with van der Waals surface area (Å²) in [5, 5.41) is 24.5. The van der Waals surface area contributed by atoms with E-state index in [2.05, 4.69) is 10.5 Å². The van der Waals surface area contributed by atoms with Gasteiger partial charge in [-0.3, -0.25) is 0 Å². The van der Waals surface area contributed by atoms with Gasteiger partial charge in [0.05, 0.1) is 5.60 Å². The first-order valence-corrected chi connectivity index (χ1v) is 5.52. The maximum absolute atomic E-state index is 9.87. The highest BCUT2D eigenvalue weighted by Crippen LogP contribution is 2.30. The predicted octanol–water partition coefficient (Wildman–Crippen LogP) is 0.406. The molecule has 5 heteroatoms. The number of hydrogen-bond donors (Lipinski definition) is 4. The van der Waals surface area contributed by atoms with Crippen LogP contribution in [0.2, 0.25) is 0 Å². The molecule has 1 atom stereocenters. The molecule has 0 aromatic carbocycles. The number of nitrogens with two attached hydrogens (primary N) is 1. The molecule has 0 aromatic heterocycles. The van der Waals surface area contributed by atoms with Crippen LogP contribution in [0.4, 0.5) is 0 Å². The smallest absolute Gasteiger partial charge is 0.140 e. The summed E-state index contributed by atoms with van der Waals surface area (Å²) in [6, 6.07) is 0.172. The van der Waals surface area contributed by atoms with Crippen molar-refractivity contribution in [1.29, 1.82) is 0 Å². The van der Waals surface area contributed by atoms with Crippen LogP contribution in [-0.4, -0.2) is 34.3 Å². The van der Waals surface area contributed by atoms with Crippen molar-refractivity contribution in [2.75, 3.05) is 6.54 Å². The highest BCUT2D eigenvalue weighted by atomic mass is 16.4. The SMILES string of the molecule is CCC(CC(N)=NO)NCC1(O)CCC1. The van der Waals surface area contributed by atoms with Crippen molar-refractivity contribution in [2.24, 2.45) is 10.9 Å². The lowest BCUT2D eigenvalue weighted by Gasteiger charge is -2.37. The van der Waals surface area contributed by atoms with Crippen molar-refractivity contribution in [2.45, 2.75) is 50.7 Å². The Bertz CT molecular complexity index is 227. The van der Waals surface area contributed by atoms with Crippen molar-refractivity contribution in [3.05, 3.63) is 0 Å². The Kier molecular flexibility index (Phi) is 4.35. The highest BCUT2D eigenvalue weighted by Gasteiger charge is 2.34. The van der Waals surface area contributed by atoms with Crippen molar-refractivity contribution in [1.82, 2.24) is 5.32 Å². The van der Waals surface area contributed by atoms with Gasteiger partial charge < -0.3 is 21.4 Å². The van der Waals surface area contributed by atoms with Crippen LogP contribution in [0.25, 0.3) is 0 Å². The number of aliphatic hydroxyl groups is 1. The van der Waals surface area contributed by atoms with E-state index >= 15 is 0 Å². The largest absolute Gasteiger partial charge is 0.409 e. The summed E-state index contributed by atoms with van der Waals surface area (Å²) in [6.45, 7) is 2.64. The van der Waals surface area contributed by atoms with Gasteiger partial charge >= 0.3 is 0 Å². The number of rotatable bonds is 6. The minimum Gasteiger partial charge on any atom is -0.409 e. The predicted molar refractivity (Wildman–Crippen MR) is 58.9 cm³/mol. The number of nitrogens with one attached hydrogen (secondary N) is 1. The maximum Gasteiger partial charge on any atom is 0.140 e. The van der Waals surface area contributed by atoms with E-state index in [4.69, 9.17) is 10.9 Å². The van der Waals surface area contributed by atoms with E-state index in [-0.39, 0.29) is 11.9 Å². The van der Waals surface area contributed by atoms with Crippen molar-refractivity contribution in [3.63, 3.8) is 0 Å². The first kappa shape index (κ1) is 12.3. The zero-order valence-electron chi connectivity index (χ0n) is 9.24. The van der Waals surface area contributed by atoms with Crippen LogP contribution in [0.5, 0.6) is 0 Å². The minimum absolute atomic E-state index is 0.172. The lowest BCUT2D eigenvalue weighted by Crippen LogP contribution is -2.49. The minimum atomic E-state index is -0.515. The molecule has 0 saturated heterocycles. The molecule has 0 amide bonds. The van der Waals surface area contributed by atoms with Gasteiger partial charge in [0.1, 0.15) is 5.84 Å². The van der Waals surface area contributed by atoms with E-state index < -0.39 is 5.60 Å². The van der Waals surface area contributed by atoms with Crippen LogP contribution in [0.1, 0.15) is 39.0 Å². The highest BCUT2D eigenvalue weighted by molar-refractivity contribution is 5.80. The topological polar surface area (TPSA) is 90.9 Å². The standard InChI is InChI=1S/C10H21N3O2/c1-2-8(6-9(11)13-15)12-7-10(14)4-3-5-10/h8,12,14-15H,2-7H2,1H3,(H2,11,13). The second-order valence-corrected chi connectivity index (χ2v) is 4.36. The van der Waals surface area contributed by atoms with Crippen LogP contribution in [-0.2, 0) is 0 Å². The second kappa shape index (κ2) is 5.32. The number of amidine groups is 1. The normalized spacial score (nSPS) is 22.1. The van der Waals surface area contributed by atoms with Gasteiger partial charge in [0.2, 0.25) is 0 Å². The molecule has 0 spiro atoms. The lowest BCUT2D eigenvalue weighted by atomic mass is 9.80. The Morgan fingerprint density at radius 2 is 2.27 bits per heavy atom. The summed E-state index contributed by atoms with van der Waals surface area (Å²) in [5.74, 6) is 0.231. The number of hydrogen-bond acceptors (Lipinski definition) is 4. The molecule has 1 saturated carbocycles. The lowest BCUT2D eigenvalue weighted by molar-refractivity contribution is -0.0331. The monoisotopic (exact) mass is 215 g/mol. The Hall–Kier alpha value is -0.810. The van der Waals surface area contributed by atoms with Gasteiger partial charge in [-0.15, -0.1) is 0 Å². The third-order valence-corrected chi connectivity index (χ3v) is 3.08. The van der Waals surface area contributed by atoms with Gasteiger partial charge in [-0.25, -0.2) is 0 Å². The molecule has 5 nitrogen and oxygen atoms in total. The van der Waals surface area contributed by atoms with Crippen LogP contribution < -0.4 is 11.1 Å². The molecule has 1 aliphatic rings. The fourth-order valence-corrected chi connectivity index (χ4v) is 1.75. The average molecular weight is 215 g/mol. The molecule has 0 radical (unpaired) electrons. The molecule has 0 aliphatic heterocycles. The summed E-state index contributed by atoms with van der Waals surface area (Å²) >= 11 is 0. The molecule has 1 rings (SSSR count). The van der Waals surface area contributed by atoms with E-state index in [0.717, 1.165) is 25.7 Å². The summed E-state index contributed by atoms with van der Waals surface area (Å²) in [6.07, 6.45) is 4.27. The summed E-state index contributed by atoms with van der Waals surface area (Å²) < 4.78 is 0. The third-order valence-electron chi connectivity index (χ3n) is 3.08. The molecular formula is C10H21N3O2. The molecule has 0 bridgehead atoms. The van der Waals surface area contributed by atoms with E-state index in [1.54, 1.807) is 0 Å². The van der Waals surface area contributed by atoms with Crippen molar-refractivity contribution in [3.8, 4) is 0 Å². The zero-order valence-corrected chi connectivity index (χ0v) is 9.24. The second-order valence-electron chi connectivity index (χ2n) is 4.36. The fraction of sp³-hybridized carbons (Fsp3) is 0.900. The van der Waals surface area contributed by atoms with Gasteiger partial charge in [-0.1, -0.05) is 12.1 Å². The molecular weight excluding hydrogens is 194 g/mol. The average Bonchev–Trinajstić information content (AvgIpc) is 2.21. The molecule has 0 aromatic rings. The first-order chi connectivity index (χ1) is 7.09. The third kappa shape index (κ3) is 3.68. The molecule has 1 fully saturated rings. The van der Waals surface area contributed by atoms with Gasteiger partial charge in [-0.05, 0) is 25.7 Å². The molecule has 0 heterocycles. The molecule has 88 valence electrons. The molecule has 15 heavy (non-hydrogen) atoms. The van der Waals surface area contributed by atoms with Gasteiger partial charge in [-0.2, -0.15) is 0 Å². The quantitative estimate of drug-likeness (QED) is 0.223. The maximum atomic E-state index is 9.87. The zero-order chi connectivity index (χ0) is 11.3. The van der Waals surface area contributed by atoms with Crippen molar-refractivity contribution < 1.29 is 10.3 Å². The van der Waals surface area contributed by atoms with E-state index in [1.165, 1.54) is 0 Å². The van der Waals surface area contributed by atoms with Crippen molar-refractivity contribution >= 4 is 5.84 Å². The van der Waals surface area contributed by atoms with E-state index in [0.29, 0.717) is 13.0 Å². The number of nitrogens with zero attached hydrogens (tertiary/aromatic N) is 1. The Morgan fingerprint density at radius 1 is 1.60 bits per heavy atom. The van der Waals surface area contributed by atoms with E-state index in [1.807, 2.05) is 6.92 Å². The van der Waals surface area contributed by atoms with Crippen LogP contribution >= 0.6 is 0 Å². The van der Waals surface area contributed by atoms with Crippen LogP contribution in [0, 0.1) is 0 Å². The first-order valence-electron chi connectivity index (χ1n) is 5.52. The Balaban J connectivity index is 2.27.